The van der Waals surface area contributed by atoms with Crippen molar-refractivity contribution < 1.29 is 0 Å². The van der Waals surface area contributed by atoms with Crippen molar-refractivity contribution in [2.75, 3.05) is 6.54 Å². The molecule has 93 valence electrons. The number of aryl methyl sites for hydroxylation is 1. The lowest BCUT2D eigenvalue weighted by Crippen LogP contribution is -2.17. The molecule has 1 aliphatic carbocycles. The lowest BCUT2D eigenvalue weighted by Gasteiger charge is -2.11. The summed E-state index contributed by atoms with van der Waals surface area (Å²) in [5, 5.41) is 3.57. The summed E-state index contributed by atoms with van der Waals surface area (Å²) in [4.78, 5) is 0. The van der Waals surface area contributed by atoms with E-state index in [2.05, 4.69) is 37.4 Å². The van der Waals surface area contributed by atoms with Crippen molar-refractivity contribution in [1.29, 1.82) is 0 Å². The highest BCUT2D eigenvalue weighted by atomic mass is 14.9. The third-order valence-corrected chi connectivity index (χ3v) is 3.46. The third kappa shape index (κ3) is 4.51. The van der Waals surface area contributed by atoms with E-state index < -0.39 is 0 Å². The first-order valence-electron chi connectivity index (χ1n) is 6.95. The van der Waals surface area contributed by atoms with Gasteiger partial charge >= 0.3 is 0 Å². The Kier molecular flexibility index (Phi) is 4.61. The molecule has 0 atom stereocenters. The molecule has 1 heteroatoms. The van der Waals surface area contributed by atoms with E-state index in [1.807, 2.05) is 6.07 Å². The fraction of sp³-hybridized carbons (Fsp3) is 0.625. The molecule has 0 unspecified atom stereocenters. The zero-order chi connectivity index (χ0) is 12.1. The second kappa shape index (κ2) is 6.20. The van der Waals surface area contributed by atoms with Gasteiger partial charge < -0.3 is 5.32 Å². The molecule has 1 fully saturated rings. The van der Waals surface area contributed by atoms with Crippen molar-refractivity contribution >= 4 is 0 Å². The maximum Gasteiger partial charge on any atom is 0.0208 e. The highest BCUT2D eigenvalue weighted by Gasteiger charge is 2.20. The van der Waals surface area contributed by atoms with Crippen LogP contribution in [-0.2, 0) is 13.0 Å². The molecule has 1 radical (unpaired) electrons. The van der Waals surface area contributed by atoms with Crippen LogP contribution in [0, 0.1) is 17.9 Å². The number of benzene rings is 1. The normalized spacial score (nSPS) is 15.5. The minimum Gasteiger partial charge on any atom is -0.312 e. The van der Waals surface area contributed by atoms with Crippen LogP contribution in [0.2, 0.25) is 0 Å². The van der Waals surface area contributed by atoms with Gasteiger partial charge in [0, 0.05) is 6.54 Å². The van der Waals surface area contributed by atoms with E-state index in [-0.39, 0.29) is 0 Å². The van der Waals surface area contributed by atoms with Gasteiger partial charge in [0.05, 0.1) is 0 Å². The van der Waals surface area contributed by atoms with Crippen molar-refractivity contribution in [3.63, 3.8) is 0 Å². The van der Waals surface area contributed by atoms with Gasteiger partial charge in [-0.05, 0) is 61.3 Å². The van der Waals surface area contributed by atoms with Crippen LogP contribution in [0.4, 0.5) is 0 Å². The van der Waals surface area contributed by atoms with Gasteiger partial charge in [0.15, 0.2) is 0 Å². The first-order valence-corrected chi connectivity index (χ1v) is 6.95. The number of rotatable bonds is 7. The minimum atomic E-state index is 0.774. The predicted molar refractivity (Wildman–Crippen MR) is 72.9 cm³/mol. The van der Waals surface area contributed by atoms with Crippen LogP contribution in [0.3, 0.4) is 0 Å². The van der Waals surface area contributed by atoms with E-state index in [4.69, 9.17) is 0 Å². The molecule has 0 bridgehead atoms. The second-order valence-corrected chi connectivity index (χ2v) is 5.68. The highest BCUT2D eigenvalue weighted by Crippen LogP contribution is 2.27. The maximum absolute atomic E-state index is 3.57. The highest BCUT2D eigenvalue weighted by molar-refractivity contribution is 5.26. The van der Waals surface area contributed by atoms with Crippen LogP contribution in [-0.4, -0.2) is 6.54 Å². The first kappa shape index (κ1) is 12.6. The molecule has 1 saturated carbocycles. The molecule has 17 heavy (non-hydrogen) atoms. The molecule has 2 rings (SSSR count). The van der Waals surface area contributed by atoms with E-state index in [0.29, 0.717) is 0 Å². The molecule has 0 aliphatic heterocycles. The average Bonchev–Trinajstić information content (AvgIpc) is 3.12. The largest absolute Gasteiger partial charge is 0.312 e. The van der Waals surface area contributed by atoms with Crippen molar-refractivity contribution in [3.05, 3.63) is 35.4 Å². The molecule has 1 N–H and O–H groups in total. The molecule has 0 saturated heterocycles. The van der Waals surface area contributed by atoms with Gasteiger partial charge in [-0.15, -0.1) is 0 Å². The van der Waals surface area contributed by atoms with Crippen molar-refractivity contribution in [3.8, 4) is 0 Å². The second-order valence-electron chi connectivity index (χ2n) is 5.68. The predicted octanol–water partition coefficient (Wildman–Crippen LogP) is 3.57. The summed E-state index contributed by atoms with van der Waals surface area (Å²) < 4.78 is 0. The Morgan fingerprint density at radius 1 is 1.41 bits per heavy atom. The van der Waals surface area contributed by atoms with Gasteiger partial charge in [-0.1, -0.05) is 32.0 Å². The van der Waals surface area contributed by atoms with Crippen LogP contribution in [0.25, 0.3) is 0 Å². The monoisotopic (exact) mass is 230 g/mol. The first-order chi connectivity index (χ1) is 8.25. The molecular formula is C16H24N. The average molecular weight is 230 g/mol. The van der Waals surface area contributed by atoms with Gasteiger partial charge in [-0.3, -0.25) is 0 Å². The van der Waals surface area contributed by atoms with Crippen molar-refractivity contribution in [2.24, 2.45) is 11.8 Å². The zero-order valence-corrected chi connectivity index (χ0v) is 11.1. The molecule has 1 aliphatic rings. The molecular weight excluding hydrogens is 206 g/mol. The molecule has 0 heterocycles. The SMILES string of the molecule is CC(C)CCc1[c]cccc1CNCC1CC1. The molecule has 0 spiro atoms. The Hall–Kier alpha value is -0.820. The van der Waals surface area contributed by atoms with Crippen molar-refractivity contribution in [2.45, 2.75) is 46.1 Å². The fourth-order valence-electron chi connectivity index (χ4n) is 2.07. The van der Waals surface area contributed by atoms with Gasteiger partial charge in [-0.2, -0.15) is 0 Å². The van der Waals surface area contributed by atoms with Crippen LogP contribution < -0.4 is 5.32 Å². The Morgan fingerprint density at radius 3 is 2.94 bits per heavy atom. The van der Waals surface area contributed by atoms with Crippen molar-refractivity contribution in [1.82, 2.24) is 5.32 Å². The summed E-state index contributed by atoms with van der Waals surface area (Å²) >= 11 is 0. The summed E-state index contributed by atoms with van der Waals surface area (Å²) in [6.07, 6.45) is 5.28. The quantitative estimate of drug-likeness (QED) is 0.755. The molecule has 0 amide bonds. The smallest absolute Gasteiger partial charge is 0.0208 e. The number of nitrogens with one attached hydrogen (secondary N) is 1. The van der Waals surface area contributed by atoms with E-state index in [9.17, 15) is 0 Å². The molecule has 1 nitrogen and oxygen atoms in total. The Balaban J connectivity index is 1.84. The zero-order valence-electron chi connectivity index (χ0n) is 11.1. The Labute approximate surface area is 106 Å². The lowest BCUT2D eigenvalue weighted by molar-refractivity contribution is 0.580. The summed E-state index contributed by atoms with van der Waals surface area (Å²) in [6.45, 7) is 6.78. The Morgan fingerprint density at radius 2 is 2.24 bits per heavy atom. The van der Waals surface area contributed by atoms with Gasteiger partial charge in [0.25, 0.3) is 0 Å². The maximum atomic E-state index is 3.57. The lowest BCUT2D eigenvalue weighted by atomic mass is 9.98. The van der Waals surface area contributed by atoms with Crippen LogP contribution in [0.5, 0.6) is 0 Å². The minimum absolute atomic E-state index is 0.774. The molecule has 0 aromatic heterocycles. The number of hydrogen-bond donors (Lipinski definition) is 1. The van der Waals surface area contributed by atoms with Gasteiger partial charge in [0.1, 0.15) is 0 Å². The summed E-state index contributed by atoms with van der Waals surface area (Å²) in [6, 6.07) is 9.79. The van der Waals surface area contributed by atoms with E-state index in [1.165, 1.54) is 43.4 Å². The van der Waals surface area contributed by atoms with Gasteiger partial charge in [-0.25, -0.2) is 0 Å². The van der Waals surface area contributed by atoms with E-state index in [0.717, 1.165) is 18.4 Å². The third-order valence-electron chi connectivity index (χ3n) is 3.46. The summed E-state index contributed by atoms with van der Waals surface area (Å²) in [7, 11) is 0. The Bertz CT molecular complexity index is 339. The molecule has 1 aromatic rings. The summed E-state index contributed by atoms with van der Waals surface area (Å²) in [5.41, 5.74) is 2.85. The summed E-state index contributed by atoms with van der Waals surface area (Å²) in [5.74, 6) is 1.73. The van der Waals surface area contributed by atoms with Gasteiger partial charge in [0.2, 0.25) is 0 Å². The molecule has 1 aromatic carbocycles. The van der Waals surface area contributed by atoms with Crippen LogP contribution in [0.1, 0.15) is 44.2 Å². The standard InChI is InChI=1S/C16H24N/c1-13(2)7-10-15-5-3-4-6-16(15)12-17-11-14-8-9-14/h3-4,6,13-14,17H,7-12H2,1-2H3. The number of hydrogen-bond acceptors (Lipinski definition) is 1. The van der Waals surface area contributed by atoms with Crippen LogP contribution >= 0.6 is 0 Å². The van der Waals surface area contributed by atoms with E-state index >= 15 is 0 Å². The fourth-order valence-corrected chi connectivity index (χ4v) is 2.07. The topological polar surface area (TPSA) is 12.0 Å². The van der Waals surface area contributed by atoms with E-state index in [1.54, 1.807) is 0 Å². The van der Waals surface area contributed by atoms with Crippen LogP contribution in [0.15, 0.2) is 18.2 Å².